The molecular formula is C13H17FN2O4. The van der Waals surface area contributed by atoms with E-state index in [9.17, 15) is 14.0 Å². The number of halogens is 1. The van der Waals surface area contributed by atoms with Gasteiger partial charge in [0.15, 0.2) is 5.60 Å². The number of hydrogen-bond donors (Lipinski definition) is 2. The maximum atomic E-state index is 13.8. The van der Waals surface area contributed by atoms with Crippen LogP contribution >= 0.6 is 0 Å². The highest BCUT2D eigenvalue weighted by atomic mass is 19.1. The minimum absolute atomic E-state index is 0.0508. The fourth-order valence-corrected chi connectivity index (χ4v) is 1.66. The molecule has 0 spiro atoms. The zero-order valence-electron chi connectivity index (χ0n) is 11.3. The second kappa shape index (κ2) is 6.85. The number of hydrogen-bond acceptors (Lipinski definition) is 4. The summed E-state index contributed by atoms with van der Waals surface area (Å²) in [6.45, 7) is 1.43. The molecule has 1 atom stereocenters. The number of amides is 2. The van der Waals surface area contributed by atoms with Gasteiger partial charge in [0.1, 0.15) is 12.4 Å². The standard InChI is InChI=1S/C13H17FN2O4/c1-13(19-2,9-5-3-4-6-10(9)14)11(17)16-7-8-20-12(15)18/h3-6H,7-8H2,1-2H3,(H2,15,18)(H,16,17)/t13-/m0/s1. The molecule has 0 unspecified atom stereocenters. The van der Waals surface area contributed by atoms with Crippen LogP contribution in [-0.2, 0) is 19.9 Å². The van der Waals surface area contributed by atoms with Gasteiger partial charge >= 0.3 is 6.09 Å². The van der Waals surface area contributed by atoms with Gasteiger partial charge in [-0.05, 0) is 13.0 Å². The summed E-state index contributed by atoms with van der Waals surface area (Å²) in [5.41, 5.74) is 3.43. The molecule has 110 valence electrons. The molecule has 1 aromatic rings. The number of ether oxygens (including phenoxy) is 2. The Labute approximate surface area is 116 Å². The van der Waals surface area contributed by atoms with Gasteiger partial charge < -0.3 is 20.5 Å². The molecule has 0 fully saturated rings. The van der Waals surface area contributed by atoms with E-state index in [4.69, 9.17) is 10.5 Å². The number of nitrogens with one attached hydrogen (secondary N) is 1. The zero-order chi connectivity index (χ0) is 15.2. The third-order valence-corrected chi connectivity index (χ3v) is 2.86. The largest absolute Gasteiger partial charge is 0.448 e. The third kappa shape index (κ3) is 3.67. The number of rotatable bonds is 6. The maximum absolute atomic E-state index is 13.8. The minimum atomic E-state index is -1.47. The Kier molecular flexibility index (Phi) is 5.45. The number of carbonyl (C=O) groups excluding carboxylic acids is 2. The van der Waals surface area contributed by atoms with E-state index < -0.39 is 23.4 Å². The molecule has 0 heterocycles. The van der Waals surface area contributed by atoms with Gasteiger partial charge in [0, 0.05) is 12.7 Å². The molecule has 0 aromatic heterocycles. The van der Waals surface area contributed by atoms with Crippen molar-refractivity contribution in [2.24, 2.45) is 5.73 Å². The smallest absolute Gasteiger partial charge is 0.404 e. The van der Waals surface area contributed by atoms with E-state index in [1.54, 1.807) is 6.07 Å². The number of carbonyl (C=O) groups is 2. The lowest BCUT2D eigenvalue weighted by atomic mass is 9.94. The molecule has 20 heavy (non-hydrogen) atoms. The Balaban J connectivity index is 2.76. The predicted octanol–water partition coefficient (Wildman–Crippen LogP) is 0.899. The van der Waals surface area contributed by atoms with Crippen LogP contribution < -0.4 is 11.1 Å². The van der Waals surface area contributed by atoms with E-state index in [0.717, 1.165) is 0 Å². The number of benzene rings is 1. The molecule has 0 aliphatic carbocycles. The summed E-state index contributed by atoms with van der Waals surface area (Å²) in [5.74, 6) is -1.08. The van der Waals surface area contributed by atoms with Gasteiger partial charge in [-0.15, -0.1) is 0 Å². The zero-order valence-corrected chi connectivity index (χ0v) is 11.3. The summed E-state index contributed by atoms with van der Waals surface area (Å²) in [7, 11) is 1.31. The first-order chi connectivity index (χ1) is 9.41. The van der Waals surface area contributed by atoms with E-state index in [1.165, 1.54) is 32.2 Å². The molecule has 0 bridgehead atoms. The number of methoxy groups -OCH3 is 1. The normalized spacial score (nSPS) is 13.3. The van der Waals surface area contributed by atoms with Crippen LogP contribution in [0.4, 0.5) is 9.18 Å². The molecular weight excluding hydrogens is 267 g/mol. The predicted molar refractivity (Wildman–Crippen MR) is 69.3 cm³/mol. The SMILES string of the molecule is CO[C@](C)(C(=O)NCCOC(N)=O)c1ccccc1F. The van der Waals surface area contributed by atoms with Crippen LogP contribution in [0, 0.1) is 5.82 Å². The highest BCUT2D eigenvalue weighted by Gasteiger charge is 2.37. The molecule has 7 heteroatoms. The van der Waals surface area contributed by atoms with E-state index in [0.29, 0.717) is 0 Å². The molecule has 0 radical (unpaired) electrons. The minimum Gasteiger partial charge on any atom is -0.448 e. The summed E-state index contributed by atoms with van der Waals surface area (Å²) in [6, 6.07) is 5.85. The Morgan fingerprint density at radius 2 is 2.05 bits per heavy atom. The van der Waals surface area contributed by atoms with Crippen molar-refractivity contribution < 1.29 is 23.5 Å². The van der Waals surface area contributed by atoms with Crippen LogP contribution in [0.25, 0.3) is 0 Å². The number of nitrogens with two attached hydrogens (primary N) is 1. The molecule has 2 amide bonds. The van der Waals surface area contributed by atoms with Gasteiger partial charge in [0.05, 0.1) is 6.54 Å². The van der Waals surface area contributed by atoms with Crippen LogP contribution in [0.1, 0.15) is 12.5 Å². The van der Waals surface area contributed by atoms with Gasteiger partial charge in [0.2, 0.25) is 0 Å². The quantitative estimate of drug-likeness (QED) is 0.759. The van der Waals surface area contributed by atoms with Crippen molar-refractivity contribution in [1.82, 2.24) is 5.32 Å². The molecule has 6 nitrogen and oxygen atoms in total. The van der Waals surface area contributed by atoms with E-state index in [1.807, 2.05) is 0 Å². The van der Waals surface area contributed by atoms with E-state index >= 15 is 0 Å². The fourth-order valence-electron chi connectivity index (χ4n) is 1.66. The summed E-state index contributed by atoms with van der Waals surface area (Å²) in [4.78, 5) is 22.5. The Morgan fingerprint density at radius 3 is 2.60 bits per heavy atom. The Morgan fingerprint density at radius 1 is 1.40 bits per heavy atom. The second-order valence-electron chi connectivity index (χ2n) is 4.14. The topological polar surface area (TPSA) is 90.7 Å². The van der Waals surface area contributed by atoms with Crippen molar-refractivity contribution in [2.75, 3.05) is 20.3 Å². The van der Waals surface area contributed by atoms with Crippen molar-refractivity contribution in [3.05, 3.63) is 35.6 Å². The van der Waals surface area contributed by atoms with Crippen LogP contribution in [0.2, 0.25) is 0 Å². The average Bonchev–Trinajstić information content (AvgIpc) is 2.42. The highest BCUT2D eigenvalue weighted by Crippen LogP contribution is 2.27. The summed E-state index contributed by atoms with van der Waals surface area (Å²) < 4.78 is 23.4. The van der Waals surface area contributed by atoms with Crippen LogP contribution in [-0.4, -0.2) is 32.3 Å². The monoisotopic (exact) mass is 284 g/mol. The molecule has 0 saturated heterocycles. The van der Waals surface area contributed by atoms with Crippen LogP contribution in [0.3, 0.4) is 0 Å². The molecule has 1 rings (SSSR count). The fraction of sp³-hybridized carbons (Fsp3) is 0.385. The first-order valence-electron chi connectivity index (χ1n) is 5.92. The molecule has 3 N–H and O–H groups in total. The molecule has 0 aliphatic rings. The summed E-state index contributed by atoms with van der Waals surface area (Å²) in [6.07, 6.45) is -0.928. The lowest BCUT2D eigenvalue weighted by Crippen LogP contribution is -2.45. The Bertz CT molecular complexity index is 495. The average molecular weight is 284 g/mol. The third-order valence-electron chi connectivity index (χ3n) is 2.86. The molecule has 1 aromatic carbocycles. The van der Waals surface area contributed by atoms with Gasteiger partial charge in [-0.2, -0.15) is 0 Å². The van der Waals surface area contributed by atoms with Gasteiger partial charge in [-0.1, -0.05) is 18.2 Å². The van der Waals surface area contributed by atoms with Crippen molar-refractivity contribution in [1.29, 1.82) is 0 Å². The van der Waals surface area contributed by atoms with Crippen LogP contribution in [0.15, 0.2) is 24.3 Å². The first-order valence-corrected chi connectivity index (χ1v) is 5.92. The van der Waals surface area contributed by atoms with E-state index in [-0.39, 0.29) is 18.7 Å². The van der Waals surface area contributed by atoms with Crippen molar-refractivity contribution in [3.8, 4) is 0 Å². The Hall–Kier alpha value is -2.15. The van der Waals surface area contributed by atoms with Gasteiger partial charge in [-0.25, -0.2) is 9.18 Å². The highest BCUT2D eigenvalue weighted by molar-refractivity contribution is 5.86. The maximum Gasteiger partial charge on any atom is 0.404 e. The molecule has 0 aliphatic heterocycles. The van der Waals surface area contributed by atoms with E-state index in [2.05, 4.69) is 10.1 Å². The van der Waals surface area contributed by atoms with Gasteiger partial charge in [-0.3, -0.25) is 4.79 Å². The second-order valence-corrected chi connectivity index (χ2v) is 4.14. The van der Waals surface area contributed by atoms with Crippen molar-refractivity contribution in [3.63, 3.8) is 0 Å². The summed E-state index contributed by atoms with van der Waals surface area (Å²) >= 11 is 0. The van der Waals surface area contributed by atoms with Crippen molar-refractivity contribution >= 4 is 12.0 Å². The summed E-state index contributed by atoms with van der Waals surface area (Å²) in [5, 5.41) is 2.49. The number of primary amides is 1. The lowest BCUT2D eigenvalue weighted by molar-refractivity contribution is -0.143. The first kappa shape index (κ1) is 15.9. The molecule has 0 saturated carbocycles. The van der Waals surface area contributed by atoms with Crippen molar-refractivity contribution in [2.45, 2.75) is 12.5 Å². The van der Waals surface area contributed by atoms with Gasteiger partial charge in [0.25, 0.3) is 5.91 Å². The lowest BCUT2D eigenvalue weighted by Gasteiger charge is -2.27. The van der Waals surface area contributed by atoms with Crippen LogP contribution in [0.5, 0.6) is 0 Å².